The van der Waals surface area contributed by atoms with E-state index in [4.69, 9.17) is 26.1 Å². The molecule has 0 saturated heterocycles. The molecule has 10 heteroatoms. The number of ether oxygens (including phenoxy) is 2. The second-order valence-electron chi connectivity index (χ2n) is 5.49. The van der Waals surface area contributed by atoms with Crippen molar-refractivity contribution in [2.45, 2.75) is 19.8 Å². The Bertz CT molecular complexity index is 817. The number of hydrogen-bond donors (Lipinski definition) is 4. The Morgan fingerprint density at radius 3 is 2.64 bits per heavy atom. The molecular weight excluding hydrogens is 386 g/mol. The molecule has 6 N–H and O–H groups in total. The van der Waals surface area contributed by atoms with Gasteiger partial charge in [0.1, 0.15) is 5.75 Å². The van der Waals surface area contributed by atoms with Crippen molar-refractivity contribution in [3.8, 4) is 11.5 Å². The van der Waals surface area contributed by atoms with Crippen LogP contribution >= 0.6 is 12.4 Å². The number of aryl methyl sites for hydroxylation is 1. The Balaban J connectivity index is 0.00000392. The molecule has 1 aromatic carbocycles. The maximum atomic E-state index is 11.1. The first-order chi connectivity index (χ1) is 13.0. The molecule has 9 nitrogen and oxygen atoms in total. The zero-order valence-corrected chi connectivity index (χ0v) is 16.2. The molecule has 0 spiro atoms. The second kappa shape index (κ2) is 11.6. The number of carbonyl (C=O) groups is 1. The minimum atomic E-state index is -0.617. The second-order valence-corrected chi connectivity index (χ2v) is 5.49. The molecule has 1 heterocycles. The van der Waals surface area contributed by atoms with E-state index in [0.717, 1.165) is 0 Å². The molecule has 0 aliphatic heterocycles. The first-order valence-corrected chi connectivity index (χ1v) is 8.43. The van der Waals surface area contributed by atoms with Crippen LogP contribution in [0, 0.1) is 0 Å². The summed E-state index contributed by atoms with van der Waals surface area (Å²) in [6.45, 7) is 2.70. The molecule has 0 aliphatic rings. The number of nitrogens with two attached hydrogens (primary N) is 2. The van der Waals surface area contributed by atoms with Crippen molar-refractivity contribution in [3.63, 3.8) is 0 Å². The number of nitrogens with one attached hydrogen (secondary N) is 1. The van der Waals surface area contributed by atoms with Crippen LogP contribution in [0.15, 0.2) is 30.3 Å². The lowest BCUT2D eigenvalue weighted by Crippen LogP contribution is -2.14. The third-order valence-electron chi connectivity index (χ3n) is 3.55. The number of amides is 1. The molecule has 0 aliphatic carbocycles. The van der Waals surface area contributed by atoms with Gasteiger partial charge in [0.2, 0.25) is 5.95 Å². The summed E-state index contributed by atoms with van der Waals surface area (Å²) in [5, 5.41) is 8.53. The minimum Gasteiger partial charge on any atom is -0.493 e. The monoisotopic (exact) mass is 409 g/mol. The van der Waals surface area contributed by atoms with Gasteiger partial charge in [0, 0.05) is 18.1 Å². The van der Waals surface area contributed by atoms with Gasteiger partial charge in [-0.1, -0.05) is 25.1 Å². The molecule has 0 fully saturated rings. The van der Waals surface area contributed by atoms with Crippen molar-refractivity contribution >= 4 is 36.2 Å². The van der Waals surface area contributed by atoms with Gasteiger partial charge in [-0.15, -0.1) is 12.4 Å². The molecule has 2 aromatic rings. The van der Waals surface area contributed by atoms with Crippen LogP contribution in [0.4, 0.5) is 11.8 Å². The molecule has 1 amide bonds. The van der Waals surface area contributed by atoms with E-state index in [1.54, 1.807) is 18.2 Å². The summed E-state index contributed by atoms with van der Waals surface area (Å²) in [7, 11) is 0. The third kappa shape index (κ3) is 6.60. The maximum absolute atomic E-state index is 11.1. The smallest absolute Gasteiger partial charge is 0.267 e. The van der Waals surface area contributed by atoms with Crippen molar-refractivity contribution in [2.75, 3.05) is 24.7 Å². The average molecular weight is 410 g/mol. The highest BCUT2D eigenvalue weighted by Gasteiger charge is 2.11. The number of nitrogen functional groups attached to an aromatic ring is 2. The third-order valence-corrected chi connectivity index (χ3v) is 3.55. The zero-order valence-electron chi connectivity index (χ0n) is 15.4. The first kappa shape index (κ1) is 23.0. The zero-order chi connectivity index (χ0) is 19.6. The minimum absolute atomic E-state index is 0. The van der Waals surface area contributed by atoms with Crippen molar-refractivity contribution in [1.82, 2.24) is 15.4 Å². The van der Waals surface area contributed by atoms with Gasteiger partial charge in [0.15, 0.2) is 11.6 Å². The van der Waals surface area contributed by atoms with Crippen LogP contribution in [0.5, 0.6) is 11.5 Å². The van der Waals surface area contributed by atoms with Crippen LogP contribution < -0.4 is 26.4 Å². The van der Waals surface area contributed by atoms with Crippen molar-refractivity contribution < 1.29 is 19.5 Å². The van der Waals surface area contributed by atoms with Gasteiger partial charge in [-0.2, -0.15) is 4.98 Å². The van der Waals surface area contributed by atoms with E-state index in [1.165, 1.54) is 11.6 Å². The number of halogens is 1. The lowest BCUT2D eigenvalue weighted by atomic mass is 10.2. The van der Waals surface area contributed by atoms with Crippen LogP contribution in [0.2, 0.25) is 0 Å². The summed E-state index contributed by atoms with van der Waals surface area (Å²) in [5.74, 6) is 0.792. The van der Waals surface area contributed by atoms with E-state index in [1.807, 2.05) is 19.1 Å². The van der Waals surface area contributed by atoms with Gasteiger partial charge in [-0.3, -0.25) is 10.0 Å². The molecular formula is C18H24ClN5O4. The molecule has 152 valence electrons. The number of para-hydroxylation sites is 1. The van der Waals surface area contributed by atoms with Crippen LogP contribution in [0.3, 0.4) is 0 Å². The maximum Gasteiger partial charge on any atom is 0.267 e. The number of carbonyl (C=O) groups excluding carboxylic acids is 1. The van der Waals surface area contributed by atoms with E-state index in [-0.39, 0.29) is 24.2 Å². The molecule has 0 saturated carbocycles. The Labute approximate surface area is 169 Å². The van der Waals surface area contributed by atoms with Gasteiger partial charge < -0.3 is 20.9 Å². The highest BCUT2D eigenvalue weighted by molar-refractivity contribution is 5.91. The summed E-state index contributed by atoms with van der Waals surface area (Å²) in [6.07, 6.45) is 3.99. The first-order valence-electron chi connectivity index (χ1n) is 8.43. The number of nitrogens with zero attached hydrogens (tertiary/aromatic N) is 2. The van der Waals surface area contributed by atoms with Crippen LogP contribution in [-0.2, 0) is 11.2 Å². The van der Waals surface area contributed by atoms with Gasteiger partial charge in [-0.25, -0.2) is 10.5 Å². The fourth-order valence-corrected chi connectivity index (χ4v) is 2.30. The predicted octanol–water partition coefficient (Wildman–Crippen LogP) is 1.99. The fourth-order valence-electron chi connectivity index (χ4n) is 2.30. The van der Waals surface area contributed by atoms with Gasteiger partial charge in [0.05, 0.1) is 18.9 Å². The molecule has 2 rings (SSSR count). The summed E-state index contributed by atoms with van der Waals surface area (Å²) in [4.78, 5) is 19.1. The van der Waals surface area contributed by atoms with E-state index in [2.05, 4.69) is 9.97 Å². The molecule has 0 bridgehead atoms. The van der Waals surface area contributed by atoms with Crippen LogP contribution in [0.25, 0.3) is 6.08 Å². The number of aromatic nitrogens is 2. The predicted molar refractivity (Wildman–Crippen MR) is 108 cm³/mol. The normalized spacial score (nSPS) is 10.4. The van der Waals surface area contributed by atoms with Gasteiger partial charge >= 0.3 is 0 Å². The molecule has 28 heavy (non-hydrogen) atoms. The summed E-state index contributed by atoms with van der Waals surface area (Å²) in [5.41, 5.74) is 14.4. The van der Waals surface area contributed by atoms with Crippen molar-refractivity contribution in [2.24, 2.45) is 0 Å². The summed E-state index contributed by atoms with van der Waals surface area (Å²) in [6, 6.07) is 7.24. The molecule has 0 radical (unpaired) electrons. The lowest BCUT2D eigenvalue weighted by Gasteiger charge is -2.13. The standard InChI is InChI=1S/C18H23N5O4.ClH/c1-2-13-16(17(19)22-18(20)21-13)27-11-5-10-26-14-7-4-3-6-12(14)8-9-15(24)23-25;/h3-4,6-9,25H,2,5,10-11H2,1H3,(H,23,24)(H4,19,20,21,22);1H/b9-8+;. The summed E-state index contributed by atoms with van der Waals surface area (Å²) >= 11 is 0. The quantitative estimate of drug-likeness (QED) is 0.213. The lowest BCUT2D eigenvalue weighted by molar-refractivity contribution is -0.124. The number of rotatable bonds is 9. The summed E-state index contributed by atoms with van der Waals surface area (Å²) < 4.78 is 11.4. The van der Waals surface area contributed by atoms with Crippen LogP contribution in [0.1, 0.15) is 24.6 Å². The number of benzene rings is 1. The van der Waals surface area contributed by atoms with E-state index in [0.29, 0.717) is 48.8 Å². The van der Waals surface area contributed by atoms with Crippen LogP contribution in [-0.4, -0.2) is 34.3 Å². The number of hydrogen-bond acceptors (Lipinski definition) is 8. The van der Waals surface area contributed by atoms with E-state index >= 15 is 0 Å². The Kier molecular flexibility index (Phi) is 9.55. The van der Waals surface area contributed by atoms with Crippen molar-refractivity contribution in [3.05, 3.63) is 41.6 Å². The Hall–Kier alpha value is -3.04. The Morgan fingerprint density at radius 2 is 1.93 bits per heavy atom. The Morgan fingerprint density at radius 1 is 1.21 bits per heavy atom. The highest BCUT2D eigenvalue weighted by atomic mass is 35.5. The van der Waals surface area contributed by atoms with E-state index in [9.17, 15) is 4.79 Å². The number of anilines is 2. The van der Waals surface area contributed by atoms with E-state index < -0.39 is 5.91 Å². The van der Waals surface area contributed by atoms with Gasteiger partial charge in [-0.05, 0) is 18.6 Å². The molecule has 0 atom stereocenters. The highest BCUT2D eigenvalue weighted by Crippen LogP contribution is 2.25. The largest absolute Gasteiger partial charge is 0.493 e. The van der Waals surface area contributed by atoms with Crippen molar-refractivity contribution in [1.29, 1.82) is 0 Å². The molecule has 0 unspecified atom stereocenters. The molecule has 1 aromatic heterocycles. The average Bonchev–Trinajstić information content (AvgIpc) is 2.67. The fraction of sp³-hybridized carbons (Fsp3) is 0.278. The van der Waals surface area contributed by atoms with Gasteiger partial charge in [0.25, 0.3) is 5.91 Å². The number of hydroxylamine groups is 1. The topological polar surface area (TPSA) is 146 Å². The SMILES string of the molecule is CCc1nc(N)nc(N)c1OCCCOc1ccccc1/C=C/C(=O)NO.Cl.